The standard InChI is InChI=1S/C14H14BrN3O3/c1-7-3-4-9(6-10(7)15)17-14(21)18-11-5-8(2)16-12(11)13(19)20/h3-6,16H,1-2H3,(H,19,20)(H2,17,18,21). The molecular formula is C14H14BrN3O3. The number of hydrogen-bond donors (Lipinski definition) is 4. The van der Waals surface area contributed by atoms with Gasteiger partial charge in [-0.05, 0) is 37.6 Å². The van der Waals surface area contributed by atoms with E-state index in [1.165, 1.54) is 0 Å². The molecule has 21 heavy (non-hydrogen) atoms. The quantitative estimate of drug-likeness (QED) is 0.678. The van der Waals surface area contributed by atoms with Gasteiger partial charge >= 0.3 is 12.0 Å². The van der Waals surface area contributed by atoms with Gasteiger partial charge in [-0.2, -0.15) is 0 Å². The summed E-state index contributed by atoms with van der Waals surface area (Å²) in [6.07, 6.45) is 0. The Balaban J connectivity index is 2.11. The minimum Gasteiger partial charge on any atom is -0.477 e. The summed E-state index contributed by atoms with van der Waals surface area (Å²) in [5.74, 6) is -1.13. The van der Waals surface area contributed by atoms with E-state index in [1.54, 1.807) is 25.1 Å². The predicted octanol–water partition coefficient (Wildman–Crippen LogP) is 3.74. The number of hydrogen-bond acceptors (Lipinski definition) is 2. The van der Waals surface area contributed by atoms with E-state index in [0.29, 0.717) is 11.4 Å². The van der Waals surface area contributed by atoms with Gasteiger partial charge in [-0.3, -0.25) is 0 Å². The van der Waals surface area contributed by atoms with Crippen LogP contribution in [0.25, 0.3) is 0 Å². The van der Waals surface area contributed by atoms with Crippen LogP contribution in [0.5, 0.6) is 0 Å². The van der Waals surface area contributed by atoms with E-state index in [2.05, 4.69) is 31.5 Å². The number of aryl methyl sites for hydroxylation is 2. The summed E-state index contributed by atoms with van der Waals surface area (Å²) in [6.45, 7) is 3.66. The van der Waals surface area contributed by atoms with Crippen LogP contribution in [0.3, 0.4) is 0 Å². The van der Waals surface area contributed by atoms with Crippen molar-refractivity contribution >= 4 is 39.3 Å². The Hall–Kier alpha value is -2.28. The molecule has 1 heterocycles. The average molecular weight is 352 g/mol. The van der Waals surface area contributed by atoms with Crippen LogP contribution in [0.2, 0.25) is 0 Å². The molecule has 0 radical (unpaired) electrons. The largest absolute Gasteiger partial charge is 0.477 e. The summed E-state index contributed by atoms with van der Waals surface area (Å²) in [7, 11) is 0. The van der Waals surface area contributed by atoms with E-state index >= 15 is 0 Å². The number of carboxylic acids is 1. The van der Waals surface area contributed by atoms with Gasteiger partial charge in [0.05, 0.1) is 5.69 Å². The highest BCUT2D eigenvalue weighted by molar-refractivity contribution is 9.10. The van der Waals surface area contributed by atoms with Crippen molar-refractivity contribution in [1.29, 1.82) is 0 Å². The first-order valence-electron chi connectivity index (χ1n) is 6.14. The van der Waals surface area contributed by atoms with Crippen molar-refractivity contribution in [1.82, 2.24) is 4.98 Å². The summed E-state index contributed by atoms with van der Waals surface area (Å²) in [5.41, 5.74) is 2.49. The maximum Gasteiger partial charge on any atom is 0.354 e. The highest BCUT2D eigenvalue weighted by Gasteiger charge is 2.15. The van der Waals surface area contributed by atoms with Crippen LogP contribution in [0, 0.1) is 13.8 Å². The zero-order valence-electron chi connectivity index (χ0n) is 11.5. The number of carbonyl (C=O) groups is 2. The van der Waals surface area contributed by atoms with E-state index in [9.17, 15) is 9.59 Å². The summed E-state index contributed by atoms with van der Waals surface area (Å²) < 4.78 is 0.879. The molecule has 0 aliphatic heterocycles. The summed E-state index contributed by atoms with van der Waals surface area (Å²) in [6, 6.07) is 6.46. The van der Waals surface area contributed by atoms with E-state index in [-0.39, 0.29) is 11.4 Å². The SMILES string of the molecule is Cc1cc(NC(=O)Nc2ccc(C)c(Br)c2)c(C(=O)O)[nH]1. The minimum atomic E-state index is -1.13. The lowest BCUT2D eigenvalue weighted by atomic mass is 10.2. The number of benzene rings is 1. The molecule has 0 unspecified atom stereocenters. The Labute approximate surface area is 129 Å². The number of amides is 2. The lowest BCUT2D eigenvalue weighted by Crippen LogP contribution is -2.20. The van der Waals surface area contributed by atoms with Crippen LogP contribution >= 0.6 is 15.9 Å². The number of nitrogens with one attached hydrogen (secondary N) is 3. The monoisotopic (exact) mass is 351 g/mol. The van der Waals surface area contributed by atoms with Crippen molar-refractivity contribution < 1.29 is 14.7 Å². The van der Waals surface area contributed by atoms with E-state index in [4.69, 9.17) is 5.11 Å². The third-order valence-electron chi connectivity index (χ3n) is 2.84. The number of carbonyl (C=O) groups excluding carboxylic acids is 1. The van der Waals surface area contributed by atoms with Crippen molar-refractivity contribution in [3.05, 3.63) is 45.7 Å². The summed E-state index contributed by atoms with van der Waals surface area (Å²) >= 11 is 3.38. The highest BCUT2D eigenvalue weighted by Crippen LogP contribution is 2.21. The zero-order valence-corrected chi connectivity index (χ0v) is 13.0. The van der Waals surface area contributed by atoms with Crippen molar-refractivity contribution in [2.45, 2.75) is 13.8 Å². The van der Waals surface area contributed by atoms with Gasteiger partial charge in [0.25, 0.3) is 0 Å². The molecule has 0 fully saturated rings. The Morgan fingerprint density at radius 2 is 1.90 bits per heavy atom. The third-order valence-corrected chi connectivity index (χ3v) is 3.70. The van der Waals surface area contributed by atoms with E-state index < -0.39 is 12.0 Å². The molecule has 0 spiro atoms. The fourth-order valence-electron chi connectivity index (χ4n) is 1.81. The highest BCUT2D eigenvalue weighted by atomic mass is 79.9. The molecule has 0 atom stereocenters. The number of H-pyrrole nitrogens is 1. The molecule has 1 aromatic carbocycles. The topological polar surface area (TPSA) is 94.2 Å². The van der Waals surface area contributed by atoms with Crippen LogP contribution in [0.15, 0.2) is 28.7 Å². The molecule has 0 aliphatic carbocycles. The van der Waals surface area contributed by atoms with Gasteiger partial charge in [0, 0.05) is 15.9 Å². The molecule has 4 N–H and O–H groups in total. The molecule has 2 amide bonds. The lowest BCUT2D eigenvalue weighted by Gasteiger charge is -2.08. The fourth-order valence-corrected chi connectivity index (χ4v) is 2.19. The molecule has 6 nitrogen and oxygen atoms in total. The normalized spacial score (nSPS) is 10.2. The average Bonchev–Trinajstić information content (AvgIpc) is 2.75. The van der Waals surface area contributed by atoms with Gasteiger partial charge in [0.15, 0.2) is 0 Å². The van der Waals surface area contributed by atoms with Gasteiger partial charge in [-0.25, -0.2) is 9.59 Å². The number of aromatic carboxylic acids is 1. The van der Waals surface area contributed by atoms with Crippen molar-refractivity contribution in [3.8, 4) is 0 Å². The second-order valence-corrected chi connectivity index (χ2v) is 5.44. The second-order valence-electron chi connectivity index (χ2n) is 4.59. The predicted molar refractivity (Wildman–Crippen MR) is 84.0 cm³/mol. The van der Waals surface area contributed by atoms with E-state index in [0.717, 1.165) is 10.0 Å². The number of anilines is 2. The Kier molecular flexibility index (Phi) is 4.32. The lowest BCUT2D eigenvalue weighted by molar-refractivity contribution is 0.0692. The third kappa shape index (κ3) is 3.63. The first-order valence-corrected chi connectivity index (χ1v) is 6.93. The number of carboxylic acid groups (broad SMARTS) is 1. The van der Waals surface area contributed by atoms with Gasteiger partial charge in [0.2, 0.25) is 0 Å². The number of rotatable bonds is 3. The second kappa shape index (κ2) is 6.01. The van der Waals surface area contributed by atoms with Crippen molar-refractivity contribution in [3.63, 3.8) is 0 Å². The molecular weight excluding hydrogens is 338 g/mol. The zero-order chi connectivity index (χ0) is 15.6. The maximum atomic E-state index is 11.9. The minimum absolute atomic E-state index is 0.0484. The first kappa shape index (κ1) is 15.1. The van der Waals surface area contributed by atoms with Crippen LogP contribution < -0.4 is 10.6 Å². The van der Waals surface area contributed by atoms with Gasteiger partial charge in [-0.1, -0.05) is 22.0 Å². The molecule has 2 aromatic rings. The van der Waals surface area contributed by atoms with Gasteiger partial charge in [-0.15, -0.1) is 0 Å². The summed E-state index contributed by atoms with van der Waals surface area (Å²) in [4.78, 5) is 25.6. The maximum absolute atomic E-state index is 11.9. The van der Waals surface area contributed by atoms with Crippen LogP contribution in [0.1, 0.15) is 21.7 Å². The van der Waals surface area contributed by atoms with Gasteiger partial charge < -0.3 is 20.7 Å². The molecule has 0 aliphatic rings. The smallest absolute Gasteiger partial charge is 0.354 e. The number of aromatic nitrogens is 1. The van der Waals surface area contributed by atoms with Crippen molar-refractivity contribution in [2.24, 2.45) is 0 Å². The van der Waals surface area contributed by atoms with Crippen LogP contribution in [-0.2, 0) is 0 Å². The molecule has 0 saturated carbocycles. The van der Waals surface area contributed by atoms with E-state index in [1.807, 2.05) is 13.0 Å². The Morgan fingerprint density at radius 1 is 1.19 bits per heavy atom. The van der Waals surface area contributed by atoms with Crippen molar-refractivity contribution in [2.75, 3.05) is 10.6 Å². The molecule has 7 heteroatoms. The first-order chi connectivity index (χ1) is 9.86. The van der Waals surface area contributed by atoms with Gasteiger partial charge in [0.1, 0.15) is 5.69 Å². The van der Waals surface area contributed by atoms with Crippen LogP contribution in [0.4, 0.5) is 16.2 Å². The number of aromatic amines is 1. The molecule has 2 rings (SSSR count). The molecule has 110 valence electrons. The number of urea groups is 1. The molecule has 1 aromatic heterocycles. The molecule has 0 saturated heterocycles. The Bertz CT molecular complexity index is 709. The van der Waals surface area contributed by atoms with Crippen LogP contribution in [-0.4, -0.2) is 22.1 Å². The summed E-state index contributed by atoms with van der Waals surface area (Å²) in [5, 5.41) is 14.2. The fraction of sp³-hybridized carbons (Fsp3) is 0.143. The Morgan fingerprint density at radius 3 is 2.52 bits per heavy atom. The molecule has 0 bridgehead atoms. The number of halogens is 1.